The standard InChI is InChI=1S/C14H10N4O4S/c1-8(11(19)14-15-6-7-23-14)13-16-12(17-22-13)9-2-4-10(5-3-9)18(20)21/h2-7,11,19H,1H2. The van der Waals surface area contributed by atoms with E-state index in [9.17, 15) is 15.2 Å². The predicted octanol–water partition coefficient (Wildman–Crippen LogP) is 2.85. The van der Waals surface area contributed by atoms with Crippen molar-refractivity contribution in [1.29, 1.82) is 0 Å². The summed E-state index contributed by atoms with van der Waals surface area (Å²) in [5.41, 5.74) is 0.767. The van der Waals surface area contributed by atoms with Crippen LogP contribution in [-0.4, -0.2) is 25.2 Å². The minimum Gasteiger partial charge on any atom is -0.381 e. The van der Waals surface area contributed by atoms with Crippen LogP contribution in [0.25, 0.3) is 17.0 Å². The molecular weight excluding hydrogens is 320 g/mol. The van der Waals surface area contributed by atoms with Gasteiger partial charge in [0, 0.05) is 34.8 Å². The first-order valence-corrected chi connectivity index (χ1v) is 7.29. The van der Waals surface area contributed by atoms with Crippen molar-refractivity contribution in [3.8, 4) is 11.4 Å². The third kappa shape index (κ3) is 3.00. The number of hydrogen-bond acceptors (Lipinski definition) is 8. The minimum atomic E-state index is -1.03. The quantitative estimate of drug-likeness (QED) is 0.565. The fourth-order valence-corrected chi connectivity index (χ4v) is 2.49. The molecule has 0 spiro atoms. The van der Waals surface area contributed by atoms with Gasteiger partial charge in [0.05, 0.1) is 4.92 Å². The van der Waals surface area contributed by atoms with Gasteiger partial charge in [0.15, 0.2) is 0 Å². The third-order valence-corrected chi connectivity index (χ3v) is 3.88. The van der Waals surface area contributed by atoms with E-state index in [4.69, 9.17) is 4.52 Å². The lowest BCUT2D eigenvalue weighted by atomic mass is 10.1. The van der Waals surface area contributed by atoms with Crippen LogP contribution in [0.4, 0.5) is 5.69 Å². The lowest BCUT2D eigenvalue weighted by molar-refractivity contribution is -0.384. The minimum absolute atomic E-state index is 0.0268. The number of nitro benzene ring substituents is 1. The fourth-order valence-electron chi connectivity index (χ4n) is 1.84. The Hall–Kier alpha value is -2.91. The molecule has 2 heterocycles. The van der Waals surface area contributed by atoms with Crippen LogP contribution in [0.15, 0.2) is 46.9 Å². The Labute approximate surface area is 133 Å². The van der Waals surface area contributed by atoms with E-state index in [0.717, 1.165) is 0 Å². The van der Waals surface area contributed by atoms with E-state index < -0.39 is 11.0 Å². The van der Waals surface area contributed by atoms with E-state index in [-0.39, 0.29) is 23.0 Å². The first kappa shape index (κ1) is 15.0. The zero-order valence-electron chi connectivity index (χ0n) is 11.6. The number of aliphatic hydroxyl groups is 1. The molecule has 1 atom stereocenters. The summed E-state index contributed by atoms with van der Waals surface area (Å²) >= 11 is 1.29. The van der Waals surface area contributed by atoms with Gasteiger partial charge in [0.1, 0.15) is 11.1 Å². The summed E-state index contributed by atoms with van der Waals surface area (Å²) in [5.74, 6) is 0.337. The molecule has 0 bridgehead atoms. The topological polar surface area (TPSA) is 115 Å². The molecule has 23 heavy (non-hydrogen) atoms. The molecule has 2 aromatic heterocycles. The van der Waals surface area contributed by atoms with Crippen LogP contribution in [-0.2, 0) is 0 Å². The molecule has 0 fully saturated rings. The Bertz CT molecular complexity index is 842. The van der Waals surface area contributed by atoms with Crippen LogP contribution in [0.5, 0.6) is 0 Å². The summed E-state index contributed by atoms with van der Waals surface area (Å²) < 4.78 is 5.10. The summed E-state index contributed by atoms with van der Waals surface area (Å²) in [7, 11) is 0. The monoisotopic (exact) mass is 330 g/mol. The molecule has 0 saturated carbocycles. The third-order valence-electron chi connectivity index (χ3n) is 3.05. The van der Waals surface area contributed by atoms with Gasteiger partial charge >= 0.3 is 0 Å². The summed E-state index contributed by atoms with van der Waals surface area (Å²) in [5, 5.41) is 26.8. The Morgan fingerprint density at radius 2 is 2.13 bits per heavy atom. The highest BCUT2D eigenvalue weighted by Crippen LogP contribution is 2.30. The van der Waals surface area contributed by atoms with E-state index in [1.807, 2.05) is 0 Å². The molecule has 0 aliphatic heterocycles. The predicted molar refractivity (Wildman–Crippen MR) is 82.5 cm³/mol. The van der Waals surface area contributed by atoms with E-state index in [0.29, 0.717) is 10.6 Å². The average Bonchev–Trinajstić information content (AvgIpc) is 3.25. The normalized spacial score (nSPS) is 12.0. The maximum absolute atomic E-state index is 10.6. The van der Waals surface area contributed by atoms with Crippen LogP contribution in [0, 0.1) is 10.1 Å². The number of rotatable bonds is 5. The molecular formula is C14H10N4O4S. The van der Waals surface area contributed by atoms with E-state index >= 15 is 0 Å². The zero-order chi connectivity index (χ0) is 16.4. The van der Waals surface area contributed by atoms with Crippen LogP contribution in [0.2, 0.25) is 0 Å². The molecule has 0 saturated heterocycles. The number of nitrogens with zero attached hydrogens (tertiary/aromatic N) is 4. The van der Waals surface area contributed by atoms with Crippen molar-refractivity contribution in [2.45, 2.75) is 6.10 Å². The molecule has 9 heteroatoms. The van der Waals surface area contributed by atoms with Gasteiger partial charge in [-0.25, -0.2) is 4.98 Å². The highest BCUT2D eigenvalue weighted by atomic mass is 32.1. The average molecular weight is 330 g/mol. The van der Waals surface area contributed by atoms with Crippen molar-refractivity contribution in [3.05, 3.63) is 63.4 Å². The van der Waals surface area contributed by atoms with Gasteiger partial charge in [-0.3, -0.25) is 10.1 Å². The molecule has 0 aliphatic carbocycles. The molecule has 3 aromatic rings. The molecule has 0 aliphatic rings. The number of non-ortho nitro benzene ring substituents is 1. The van der Waals surface area contributed by atoms with E-state index in [1.165, 1.54) is 35.6 Å². The first-order chi connectivity index (χ1) is 11.1. The Balaban J connectivity index is 1.82. The van der Waals surface area contributed by atoms with Gasteiger partial charge in [-0.1, -0.05) is 11.7 Å². The van der Waals surface area contributed by atoms with Gasteiger partial charge in [0.2, 0.25) is 5.82 Å². The van der Waals surface area contributed by atoms with Gasteiger partial charge in [-0.2, -0.15) is 4.98 Å². The highest BCUT2D eigenvalue weighted by molar-refractivity contribution is 7.09. The van der Waals surface area contributed by atoms with Gasteiger partial charge in [0.25, 0.3) is 11.6 Å². The van der Waals surface area contributed by atoms with Crippen LogP contribution in [0.1, 0.15) is 17.0 Å². The lowest BCUT2D eigenvalue weighted by Crippen LogP contribution is -1.99. The lowest BCUT2D eigenvalue weighted by Gasteiger charge is -2.06. The number of hydrogen-bond donors (Lipinski definition) is 1. The van der Waals surface area contributed by atoms with Crippen LogP contribution in [0.3, 0.4) is 0 Å². The highest BCUT2D eigenvalue weighted by Gasteiger charge is 2.21. The summed E-state index contributed by atoms with van der Waals surface area (Å²) in [6.07, 6.45) is 0.548. The number of aromatic nitrogens is 3. The largest absolute Gasteiger partial charge is 0.381 e. The molecule has 0 amide bonds. The smallest absolute Gasteiger partial charge is 0.269 e. The van der Waals surface area contributed by atoms with Crippen molar-refractivity contribution >= 4 is 22.6 Å². The van der Waals surface area contributed by atoms with Crippen LogP contribution < -0.4 is 0 Å². The maximum Gasteiger partial charge on any atom is 0.269 e. The maximum atomic E-state index is 10.6. The SMILES string of the molecule is C=C(c1nc(-c2ccc([N+](=O)[O-])cc2)no1)C(O)c1nccs1. The van der Waals surface area contributed by atoms with Gasteiger partial charge in [-0.15, -0.1) is 11.3 Å². The number of thiazole rings is 1. The Morgan fingerprint density at radius 3 is 2.74 bits per heavy atom. The number of benzene rings is 1. The summed E-state index contributed by atoms with van der Waals surface area (Å²) in [6.45, 7) is 3.76. The van der Waals surface area contributed by atoms with Crippen molar-refractivity contribution in [3.63, 3.8) is 0 Å². The number of aliphatic hydroxyl groups excluding tert-OH is 1. The molecule has 8 nitrogen and oxygen atoms in total. The summed E-state index contributed by atoms with van der Waals surface area (Å²) in [6, 6.07) is 5.74. The van der Waals surface area contributed by atoms with Crippen LogP contribution >= 0.6 is 11.3 Å². The van der Waals surface area contributed by atoms with Gasteiger partial charge < -0.3 is 9.63 Å². The summed E-state index contributed by atoms with van der Waals surface area (Å²) in [4.78, 5) is 18.3. The second-order valence-corrected chi connectivity index (χ2v) is 5.45. The Morgan fingerprint density at radius 1 is 1.39 bits per heavy atom. The van der Waals surface area contributed by atoms with Crippen molar-refractivity contribution in [2.24, 2.45) is 0 Å². The molecule has 116 valence electrons. The van der Waals surface area contributed by atoms with Crippen molar-refractivity contribution in [2.75, 3.05) is 0 Å². The van der Waals surface area contributed by atoms with Gasteiger partial charge in [-0.05, 0) is 12.1 Å². The fraction of sp³-hybridized carbons (Fsp3) is 0.0714. The second kappa shape index (κ2) is 6.07. The molecule has 1 N–H and O–H groups in total. The molecule has 1 aromatic carbocycles. The second-order valence-electron chi connectivity index (χ2n) is 4.53. The van der Waals surface area contributed by atoms with E-state index in [1.54, 1.807) is 11.6 Å². The molecule has 3 rings (SSSR count). The number of nitro groups is 1. The molecule has 1 unspecified atom stereocenters. The van der Waals surface area contributed by atoms with Crippen molar-refractivity contribution < 1.29 is 14.6 Å². The molecule has 0 radical (unpaired) electrons. The van der Waals surface area contributed by atoms with Crippen molar-refractivity contribution in [1.82, 2.24) is 15.1 Å². The van der Waals surface area contributed by atoms with E-state index in [2.05, 4.69) is 21.7 Å². The Kier molecular flexibility index (Phi) is 3.96. The first-order valence-electron chi connectivity index (χ1n) is 6.41. The zero-order valence-corrected chi connectivity index (χ0v) is 12.4.